The quantitative estimate of drug-likeness (QED) is 0.895. The molecule has 1 N–H and O–H groups in total. The summed E-state index contributed by atoms with van der Waals surface area (Å²) >= 11 is 1.75. The number of nitrogens with zero attached hydrogens (tertiary/aromatic N) is 1. The van der Waals surface area contributed by atoms with E-state index in [4.69, 9.17) is 4.74 Å². The largest absolute Gasteiger partial charge is 0.380 e. The lowest BCUT2D eigenvalue weighted by atomic mass is 10.2. The van der Waals surface area contributed by atoms with Crippen LogP contribution in [-0.2, 0) is 17.9 Å². The van der Waals surface area contributed by atoms with Gasteiger partial charge in [0.2, 0.25) is 0 Å². The number of anilines is 1. The smallest absolute Gasteiger partial charge is 0.0900 e. The molecule has 3 nitrogen and oxygen atoms in total. The van der Waals surface area contributed by atoms with Gasteiger partial charge in [0.25, 0.3) is 0 Å². The summed E-state index contributed by atoms with van der Waals surface area (Å²) in [6, 6.07) is 8.30. The Balaban J connectivity index is 2.01. The summed E-state index contributed by atoms with van der Waals surface area (Å²) < 4.78 is 5.13. The fraction of sp³-hybridized carbons (Fsp3) is 0.357. The van der Waals surface area contributed by atoms with Crippen LogP contribution in [0, 0.1) is 13.8 Å². The molecule has 1 heterocycles. The van der Waals surface area contributed by atoms with Gasteiger partial charge in [-0.2, -0.15) is 0 Å². The summed E-state index contributed by atoms with van der Waals surface area (Å²) in [5.41, 5.74) is 3.42. The lowest BCUT2D eigenvalue weighted by Gasteiger charge is -2.07. The van der Waals surface area contributed by atoms with E-state index >= 15 is 0 Å². The molecule has 0 amide bonds. The average Bonchev–Trinajstić information content (AvgIpc) is 2.66. The highest BCUT2D eigenvalue weighted by Gasteiger charge is 2.04. The maximum atomic E-state index is 5.13. The molecule has 0 unspecified atom stereocenters. The highest BCUT2D eigenvalue weighted by Crippen LogP contribution is 2.19. The first-order valence-electron chi connectivity index (χ1n) is 5.93. The SMILES string of the molecule is COCc1cccc(NCc2sc(C)nc2C)c1. The van der Waals surface area contributed by atoms with Crippen molar-refractivity contribution < 1.29 is 4.74 Å². The Labute approximate surface area is 112 Å². The predicted octanol–water partition coefficient (Wildman–Crippen LogP) is 3.52. The third-order valence-electron chi connectivity index (χ3n) is 2.69. The van der Waals surface area contributed by atoms with E-state index in [0.717, 1.165) is 22.9 Å². The standard InChI is InChI=1S/C14H18N2OS/c1-10-14(18-11(2)16-10)8-15-13-6-4-5-12(7-13)9-17-3/h4-7,15H,8-9H2,1-3H3. The minimum Gasteiger partial charge on any atom is -0.380 e. The molecule has 0 radical (unpaired) electrons. The van der Waals surface area contributed by atoms with Crippen molar-refractivity contribution in [2.24, 2.45) is 0 Å². The van der Waals surface area contributed by atoms with Crippen molar-refractivity contribution in [3.63, 3.8) is 0 Å². The van der Waals surface area contributed by atoms with Crippen LogP contribution < -0.4 is 5.32 Å². The molecule has 2 aromatic rings. The average molecular weight is 262 g/mol. The molecule has 0 fully saturated rings. The van der Waals surface area contributed by atoms with E-state index in [0.29, 0.717) is 6.61 Å². The molecule has 0 atom stereocenters. The maximum Gasteiger partial charge on any atom is 0.0900 e. The summed E-state index contributed by atoms with van der Waals surface area (Å²) in [6.07, 6.45) is 0. The topological polar surface area (TPSA) is 34.1 Å². The van der Waals surface area contributed by atoms with Gasteiger partial charge in [0.15, 0.2) is 0 Å². The van der Waals surface area contributed by atoms with Crippen molar-refractivity contribution in [3.05, 3.63) is 45.4 Å². The molecule has 96 valence electrons. The summed E-state index contributed by atoms with van der Waals surface area (Å²) in [5.74, 6) is 0. The van der Waals surface area contributed by atoms with E-state index in [1.807, 2.05) is 13.0 Å². The zero-order chi connectivity index (χ0) is 13.0. The third kappa shape index (κ3) is 3.31. The second-order valence-electron chi connectivity index (χ2n) is 4.23. The van der Waals surface area contributed by atoms with Gasteiger partial charge in [-0.25, -0.2) is 4.98 Å². The predicted molar refractivity (Wildman–Crippen MR) is 76.1 cm³/mol. The van der Waals surface area contributed by atoms with Gasteiger partial charge in [-0.3, -0.25) is 0 Å². The van der Waals surface area contributed by atoms with Crippen LogP contribution in [0.5, 0.6) is 0 Å². The Morgan fingerprint density at radius 3 is 2.83 bits per heavy atom. The van der Waals surface area contributed by atoms with Crippen LogP contribution in [0.2, 0.25) is 0 Å². The molecule has 18 heavy (non-hydrogen) atoms. The molecule has 0 aliphatic heterocycles. The van der Waals surface area contributed by atoms with Crippen LogP contribution >= 0.6 is 11.3 Å². The monoisotopic (exact) mass is 262 g/mol. The van der Waals surface area contributed by atoms with Crippen LogP contribution in [0.15, 0.2) is 24.3 Å². The fourth-order valence-corrected chi connectivity index (χ4v) is 2.73. The number of nitrogens with one attached hydrogen (secondary N) is 1. The van der Waals surface area contributed by atoms with E-state index in [1.54, 1.807) is 18.4 Å². The summed E-state index contributed by atoms with van der Waals surface area (Å²) in [7, 11) is 1.71. The van der Waals surface area contributed by atoms with Gasteiger partial charge < -0.3 is 10.1 Å². The van der Waals surface area contributed by atoms with Crippen molar-refractivity contribution in [1.82, 2.24) is 4.98 Å². The van der Waals surface area contributed by atoms with Crippen molar-refractivity contribution in [1.29, 1.82) is 0 Å². The third-order valence-corrected chi connectivity index (χ3v) is 3.76. The maximum absolute atomic E-state index is 5.13. The molecule has 0 spiro atoms. The second-order valence-corrected chi connectivity index (χ2v) is 5.52. The zero-order valence-corrected chi connectivity index (χ0v) is 11.8. The fourth-order valence-electron chi connectivity index (χ4n) is 1.86. The first-order chi connectivity index (χ1) is 8.69. The second kappa shape index (κ2) is 5.98. The molecule has 0 aliphatic rings. The van der Waals surface area contributed by atoms with Gasteiger partial charge in [-0.05, 0) is 31.5 Å². The van der Waals surface area contributed by atoms with Crippen molar-refractivity contribution in [2.75, 3.05) is 12.4 Å². The van der Waals surface area contributed by atoms with E-state index < -0.39 is 0 Å². The molecule has 4 heteroatoms. The van der Waals surface area contributed by atoms with Crippen LogP contribution in [0.1, 0.15) is 21.1 Å². The lowest BCUT2D eigenvalue weighted by molar-refractivity contribution is 0.185. The molecular formula is C14H18N2OS. The Kier molecular flexibility index (Phi) is 4.33. The number of rotatable bonds is 5. The number of hydrogen-bond acceptors (Lipinski definition) is 4. The summed E-state index contributed by atoms with van der Waals surface area (Å²) in [6.45, 7) is 5.57. The first-order valence-corrected chi connectivity index (χ1v) is 6.75. The van der Waals surface area contributed by atoms with Crippen LogP contribution in [0.25, 0.3) is 0 Å². The van der Waals surface area contributed by atoms with E-state index in [-0.39, 0.29) is 0 Å². The van der Waals surface area contributed by atoms with Gasteiger partial charge in [-0.1, -0.05) is 12.1 Å². The molecule has 0 bridgehead atoms. The summed E-state index contributed by atoms with van der Waals surface area (Å²) in [5, 5.41) is 4.55. The van der Waals surface area contributed by atoms with E-state index in [2.05, 4.69) is 35.4 Å². The minimum absolute atomic E-state index is 0.647. The lowest BCUT2D eigenvalue weighted by Crippen LogP contribution is -1.99. The Hall–Kier alpha value is -1.39. The Bertz CT molecular complexity index is 522. The van der Waals surface area contributed by atoms with Gasteiger partial charge in [-0.15, -0.1) is 11.3 Å². The van der Waals surface area contributed by atoms with E-state index in [1.165, 1.54) is 10.4 Å². The summed E-state index contributed by atoms with van der Waals surface area (Å²) in [4.78, 5) is 5.72. The number of aromatic nitrogens is 1. The van der Waals surface area contributed by atoms with Gasteiger partial charge in [0.1, 0.15) is 0 Å². The van der Waals surface area contributed by atoms with E-state index in [9.17, 15) is 0 Å². The van der Waals surface area contributed by atoms with Crippen molar-refractivity contribution >= 4 is 17.0 Å². The number of aryl methyl sites for hydroxylation is 2. The highest BCUT2D eigenvalue weighted by molar-refractivity contribution is 7.11. The highest BCUT2D eigenvalue weighted by atomic mass is 32.1. The first kappa shape index (κ1) is 13.1. The van der Waals surface area contributed by atoms with Crippen LogP contribution in [-0.4, -0.2) is 12.1 Å². The molecule has 2 rings (SSSR count). The van der Waals surface area contributed by atoms with Crippen molar-refractivity contribution in [2.45, 2.75) is 27.0 Å². The molecule has 1 aromatic heterocycles. The zero-order valence-electron chi connectivity index (χ0n) is 11.0. The number of hydrogen-bond donors (Lipinski definition) is 1. The number of benzene rings is 1. The number of ether oxygens (including phenoxy) is 1. The Morgan fingerprint density at radius 1 is 1.33 bits per heavy atom. The normalized spacial score (nSPS) is 10.6. The molecule has 0 saturated carbocycles. The number of thiazole rings is 1. The van der Waals surface area contributed by atoms with Crippen LogP contribution in [0.4, 0.5) is 5.69 Å². The van der Waals surface area contributed by atoms with Gasteiger partial charge >= 0.3 is 0 Å². The Morgan fingerprint density at radius 2 is 2.17 bits per heavy atom. The van der Waals surface area contributed by atoms with Crippen molar-refractivity contribution in [3.8, 4) is 0 Å². The van der Waals surface area contributed by atoms with Gasteiger partial charge in [0, 0.05) is 17.7 Å². The molecule has 0 saturated heterocycles. The van der Waals surface area contributed by atoms with Crippen LogP contribution in [0.3, 0.4) is 0 Å². The minimum atomic E-state index is 0.647. The molecular weight excluding hydrogens is 244 g/mol. The molecule has 0 aliphatic carbocycles. The van der Waals surface area contributed by atoms with Gasteiger partial charge in [0.05, 0.1) is 23.9 Å². The number of methoxy groups -OCH3 is 1. The molecule has 1 aromatic carbocycles.